The third-order valence-electron chi connectivity index (χ3n) is 2.77. The van der Waals surface area contributed by atoms with Crippen LogP contribution < -0.4 is 4.90 Å². The average molecular weight is 305 g/mol. The maximum absolute atomic E-state index is 11.9. The number of carbonyl (C=O) groups excluding carboxylic acids is 1. The van der Waals surface area contributed by atoms with Gasteiger partial charge in [0.15, 0.2) is 5.91 Å². The van der Waals surface area contributed by atoms with E-state index < -0.39 is 0 Å². The molecule has 1 amide bonds. The zero-order valence-electron chi connectivity index (χ0n) is 9.62. The summed E-state index contributed by atoms with van der Waals surface area (Å²) in [5.74, 6) is 0.222. The maximum atomic E-state index is 11.9. The molecule has 0 saturated carbocycles. The van der Waals surface area contributed by atoms with Crippen molar-refractivity contribution >= 4 is 11.6 Å². The SMILES string of the molecule is C[C-](C)N1C(=O)CCCc2ccccc21.[Rh]. The van der Waals surface area contributed by atoms with E-state index in [1.165, 1.54) is 5.56 Å². The maximum Gasteiger partial charge on any atom is 0.197 e. The van der Waals surface area contributed by atoms with Crippen molar-refractivity contribution in [3.63, 3.8) is 0 Å². The fourth-order valence-corrected chi connectivity index (χ4v) is 2.11. The first-order valence-electron chi connectivity index (χ1n) is 5.41. The van der Waals surface area contributed by atoms with Crippen molar-refractivity contribution in [1.29, 1.82) is 0 Å². The first-order valence-corrected chi connectivity index (χ1v) is 5.41. The molecule has 1 aliphatic rings. The van der Waals surface area contributed by atoms with Gasteiger partial charge in [0.25, 0.3) is 0 Å². The number of anilines is 1. The number of amides is 1. The Morgan fingerprint density at radius 2 is 1.88 bits per heavy atom. The summed E-state index contributed by atoms with van der Waals surface area (Å²) in [6.07, 6.45) is 2.62. The van der Waals surface area contributed by atoms with E-state index in [9.17, 15) is 4.79 Å². The van der Waals surface area contributed by atoms with Gasteiger partial charge in [0, 0.05) is 31.6 Å². The molecule has 1 aromatic carbocycles. The molecule has 3 heteroatoms. The number of rotatable bonds is 1. The molecule has 0 fully saturated rings. The van der Waals surface area contributed by atoms with E-state index >= 15 is 0 Å². The van der Waals surface area contributed by atoms with Crippen LogP contribution >= 0.6 is 0 Å². The van der Waals surface area contributed by atoms with Crippen LogP contribution in [0, 0.1) is 6.04 Å². The average Bonchev–Trinajstić information content (AvgIpc) is 2.35. The van der Waals surface area contributed by atoms with Crippen LogP contribution in [0.1, 0.15) is 32.3 Å². The Hall–Kier alpha value is -0.687. The van der Waals surface area contributed by atoms with Crippen molar-refractivity contribution in [3.8, 4) is 0 Å². The normalized spacial score (nSPS) is 15.4. The molecular weight excluding hydrogens is 289 g/mol. The number of benzene rings is 1. The molecule has 16 heavy (non-hydrogen) atoms. The Balaban J connectivity index is 0.00000128. The molecule has 0 aromatic heterocycles. The van der Waals surface area contributed by atoms with Crippen molar-refractivity contribution in [2.24, 2.45) is 0 Å². The van der Waals surface area contributed by atoms with E-state index in [-0.39, 0.29) is 25.4 Å². The molecule has 0 atom stereocenters. The summed E-state index contributed by atoms with van der Waals surface area (Å²) < 4.78 is 0. The minimum absolute atomic E-state index is 0. The fraction of sp³-hybridized carbons (Fsp3) is 0.385. The molecule has 1 aromatic rings. The van der Waals surface area contributed by atoms with E-state index in [0.717, 1.165) is 24.6 Å². The van der Waals surface area contributed by atoms with E-state index in [1.54, 1.807) is 0 Å². The Morgan fingerprint density at radius 1 is 1.19 bits per heavy atom. The molecule has 1 radical (unpaired) electrons. The predicted molar refractivity (Wildman–Crippen MR) is 61.5 cm³/mol. The second-order valence-electron chi connectivity index (χ2n) is 4.16. The van der Waals surface area contributed by atoms with Crippen molar-refractivity contribution in [3.05, 3.63) is 35.9 Å². The van der Waals surface area contributed by atoms with Crippen LogP contribution in [-0.2, 0) is 30.7 Å². The second-order valence-corrected chi connectivity index (χ2v) is 4.16. The standard InChI is InChI=1S/C13H16NO.Rh/c1-10(2)14-12-8-4-3-6-11(12)7-5-9-13(14)15;/h3-4,6,8H,5,7,9H2,1-2H3;/q-1;. The number of hydrogen-bond acceptors (Lipinski definition) is 1. The van der Waals surface area contributed by atoms with Crippen molar-refractivity contribution in [2.75, 3.05) is 4.90 Å². The molecular formula is C13H16NORh-. The van der Waals surface area contributed by atoms with Gasteiger partial charge in [0.05, 0.1) is 0 Å². The monoisotopic (exact) mass is 305 g/mol. The molecule has 89 valence electrons. The topological polar surface area (TPSA) is 20.3 Å². The molecule has 1 aliphatic heterocycles. The summed E-state index contributed by atoms with van der Waals surface area (Å²) in [5.41, 5.74) is 2.35. The van der Waals surface area contributed by atoms with Gasteiger partial charge in [-0.15, -0.1) is 0 Å². The molecule has 0 saturated heterocycles. The first-order chi connectivity index (χ1) is 7.20. The number of fused-ring (bicyclic) bond motifs is 1. The fourth-order valence-electron chi connectivity index (χ4n) is 2.11. The van der Waals surface area contributed by atoms with Crippen LogP contribution in [0.2, 0.25) is 0 Å². The first kappa shape index (κ1) is 13.4. The summed E-state index contributed by atoms with van der Waals surface area (Å²) in [6, 6.07) is 9.23. The molecule has 0 bridgehead atoms. The Bertz CT molecular complexity index is 376. The summed E-state index contributed by atoms with van der Waals surface area (Å²) in [6.45, 7) is 3.97. The van der Waals surface area contributed by atoms with Crippen LogP contribution in [0.4, 0.5) is 5.69 Å². The Kier molecular flexibility index (Phi) is 4.67. The van der Waals surface area contributed by atoms with Crippen LogP contribution in [0.3, 0.4) is 0 Å². The molecule has 0 spiro atoms. The summed E-state index contributed by atoms with van der Waals surface area (Å²) in [5, 5.41) is 0. The zero-order chi connectivity index (χ0) is 10.8. The molecule has 0 N–H and O–H groups in total. The van der Waals surface area contributed by atoms with Gasteiger partial charge in [0.1, 0.15) is 0 Å². The number of hydrogen-bond donors (Lipinski definition) is 0. The van der Waals surface area contributed by atoms with E-state index in [0.29, 0.717) is 6.42 Å². The zero-order valence-corrected chi connectivity index (χ0v) is 11.3. The minimum atomic E-state index is 0. The van der Waals surface area contributed by atoms with E-state index in [4.69, 9.17) is 0 Å². The largest absolute Gasteiger partial charge is 0.462 e. The molecule has 0 unspecified atom stereocenters. The molecule has 2 nitrogen and oxygen atoms in total. The molecule has 2 rings (SSSR count). The van der Waals surface area contributed by atoms with E-state index in [2.05, 4.69) is 6.07 Å². The quantitative estimate of drug-likeness (QED) is 0.577. The van der Waals surface area contributed by atoms with Gasteiger partial charge >= 0.3 is 0 Å². The predicted octanol–water partition coefficient (Wildman–Crippen LogP) is 2.93. The number of nitrogens with zero attached hydrogens (tertiary/aromatic N) is 1. The number of para-hydroxylation sites is 1. The van der Waals surface area contributed by atoms with Gasteiger partial charge in [-0.1, -0.05) is 18.2 Å². The van der Waals surface area contributed by atoms with Crippen LogP contribution in [-0.4, -0.2) is 5.91 Å². The van der Waals surface area contributed by atoms with Crippen molar-refractivity contribution < 1.29 is 24.3 Å². The van der Waals surface area contributed by atoms with E-state index in [1.807, 2.05) is 36.9 Å². The minimum Gasteiger partial charge on any atom is -0.462 e. The number of carbonyl (C=O) groups is 1. The van der Waals surface area contributed by atoms with Gasteiger partial charge in [0.2, 0.25) is 0 Å². The van der Waals surface area contributed by atoms with Crippen LogP contribution in [0.25, 0.3) is 0 Å². The number of aryl methyl sites for hydroxylation is 1. The second kappa shape index (κ2) is 5.58. The van der Waals surface area contributed by atoms with Gasteiger partial charge in [-0.2, -0.15) is 13.8 Å². The third kappa shape index (κ3) is 2.52. The Labute approximate surface area is 110 Å². The van der Waals surface area contributed by atoms with Crippen molar-refractivity contribution in [1.82, 2.24) is 0 Å². The van der Waals surface area contributed by atoms with Crippen LogP contribution in [0.5, 0.6) is 0 Å². The summed E-state index contributed by atoms with van der Waals surface area (Å²) >= 11 is 0. The van der Waals surface area contributed by atoms with Crippen molar-refractivity contribution in [2.45, 2.75) is 33.1 Å². The summed E-state index contributed by atoms with van der Waals surface area (Å²) in [4.78, 5) is 13.8. The Morgan fingerprint density at radius 3 is 2.56 bits per heavy atom. The van der Waals surface area contributed by atoms with Gasteiger partial charge in [-0.25, -0.2) is 6.04 Å². The van der Waals surface area contributed by atoms with Crippen LogP contribution in [0.15, 0.2) is 24.3 Å². The third-order valence-corrected chi connectivity index (χ3v) is 2.77. The molecule has 1 heterocycles. The molecule has 0 aliphatic carbocycles. The summed E-state index contributed by atoms with van der Waals surface area (Å²) in [7, 11) is 0. The van der Waals surface area contributed by atoms with Gasteiger partial charge in [-0.05, 0) is 24.5 Å². The van der Waals surface area contributed by atoms with Gasteiger partial charge < -0.3 is 4.90 Å². The smallest absolute Gasteiger partial charge is 0.197 e. The van der Waals surface area contributed by atoms with Gasteiger partial charge in [-0.3, -0.25) is 4.79 Å².